The van der Waals surface area contributed by atoms with Crippen LogP contribution in [0.2, 0.25) is 0 Å². The Morgan fingerprint density at radius 1 is 1.48 bits per heavy atom. The van der Waals surface area contributed by atoms with Crippen LogP contribution in [0.4, 0.5) is 10.6 Å². The van der Waals surface area contributed by atoms with Gasteiger partial charge < -0.3 is 19.9 Å². The molecule has 25 heavy (non-hydrogen) atoms. The van der Waals surface area contributed by atoms with Crippen molar-refractivity contribution >= 4 is 33.7 Å². The van der Waals surface area contributed by atoms with Gasteiger partial charge in [0.15, 0.2) is 0 Å². The van der Waals surface area contributed by atoms with Crippen molar-refractivity contribution in [1.29, 1.82) is 5.26 Å². The molecule has 4 heterocycles. The van der Waals surface area contributed by atoms with E-state index in [9.17, 15) is 4.79 Å². The number of nitrogens with zero attached hydrogens (tertiary/aromatic N) is 4. The highest BCUT2D eigenvalue weighted by molar-refractivity contribution is 6.10. The van der Waals surface area contributed by atoms with E-state index in [1.807, 2.05) is 30.6 Å². The fourth-order valence-electron chi connectivity index (χ4n) is 3.21. The van der Waals surface area contributed by atoms with Crippen LogP contribution in [-0.2, 0) is 4.74 Å². The van der Waals surface area contributed by atoms with Crippen molar-refractivity contribution in [2.75, 3.05) is 24.5 Å². The second-order valence-corrected chi connectivity index (χ2v) is 5.87. The monoisotopic (exact) mass is 336 g/mol. The predicted molar refractivity (Wildman–Crippen MR) is 92.1 cm³/mol. The minimum Gasteiger partial charge on any atom is -0.444 e. The molecule has 0 saturated carbocycles. The zero-order chi connectivity index (χ0) is 17.2. The van der Waals surface area contributed by atoms with E-state index in [0.29, 0.717) is 6.54 Å². The van der Waals surface area contributed by atoms with E-state index < -0.39 is 6.09 Å². The van der Waals surface area contributed by atoms with Crippen molar-refractivity contribution in [3.05, 3.63) is 30.7 Å². The molecule has 126 valence electrons. The van der Waals surface area contributed by atoms with Crippen LogP contribution in [-0.4, -0.2) is 46.8 Å². The minimum atomic E-state index is -0.559. The summed E-state index contributed by atoms with van der Waals surface area (Å²) in [5.74, 6) is 0.869. The smallest absolute Gasteiger partial charge is 0.408 e. The van der Waals surface area contributed by atoms with Crippen molar-refractivity contribution in [3.63, 3.8) is 0 Å². The number of hydrogen-bond donors (Lipinski definition) is 2. The number of H-pyrrole nitrogens is 1. The summed E-state index contributed by atoms with van der Waals surface area (Å²) in [6.07, 6.45) is 5.41. The second-order valence-electron chi connectivity index (χ2n) is 5.87. The summed E-state index contributed by atoms with van der Waals surface area (Å²) >= 11 is 0. The molecular formula is C17H16N6O2. The Bertz CT molecular complexity index is 976. The summed E-state index contributed by atoms with van der Waals surface area (Å²) < 4.78 is 5.36. The van der Waals surface area contributed by atoms with Crippen molar-refractivity contribution < 1.29 is 9.53 Å². The molecule has 1 unspecified atom stereocenters. The van der Waals surface area contributed by atoms with E-state index in [4.69, 9.17) is 10.00 Å². The lowest BCUT2D eigenvalue weighted by Gasteiger charge is -2.19. The molecule has 0 aliphatic carbocycles. The van der Waals surface area contributed by atoms with Gasteiger partial charge in [0.05, 0.1) is 12.6 Å². The Morgan fingerprint density at radius 2 is 2.40 bits per heavy atom. The number of fused-ring (bicyclic) bond motifs is 3. The average Bonchev–Trinajstić information content (AvgIpc) is 3.28. The number of nitrogens with one attached hydrogen (secondary N) is 2. The fourth-order valence-corrected chi connectivity index (χ4v) is 3.21. The highest BCUT2D eigenvalue weighted by atomic mass is 16.6. The number of ether oxygens (including phenoxy) is 1. The molecule has 1 aliphatic heterocycles. The number of anilines is 1. The molecule has 1 amide bonds. The summed E-state index contributed by atoms with van der Waals surface area (Å²) in [6.45, 7) is 1.26. The summed E-state index contributed by atoms with van der Waals surface area (Å²) in [5.41, 5.74) is 0.824. The lowest BCUT2D eigenvalue weighted by atomic mass is 10.1. The van der Waals surface area contributed by atoms with Crippen molar-refractivity contribution in [3.8, 4) is 6.07 Å². The highest BCUT2D eigenvalue weighted by Gasteiger charge is 2.28. The first-order chi connectivity index (χ1) is 12.3. The molecule has 8 nitrogen and oxygen atoms in total. The van der Waals surface area contributed by atoms with Crippen LogP contribution in [0.25, 0.3) is 21.8 Å². The molecule has 1 saturated heterocycles. The Labute approximate surface area is 143 Å². The van der Waals surface area contributed by atoms with Crippen molar-refractivity contribution in [2.45, 2.75) is 12.5 Å². The van der Waals surface area contributed by atoms with E-state index in [0.717, 1.165) is 40.6 Å². The standard InChI is InChI=1S/C17H16N6O2/c18-4-7-21-17(24)25-12-3-8-23(10-12)16-14-11(1-5-20-16)9-22-15-13(14)2-6-19-15/h1-2,5-6,9,12H,3,7-8,10H2,(H,19,22)(H,21,24). The van der Waals surface area contributed by atoms with Gasteiger partial charge in [-0.2, -0.15) is 5.26 Å². The van der Waals surface area contributed by atoms with E-state index in [1.165, 1.54) is 0 Å². The molecule has 8 heteroatoms. The molecule has 0 bridgehead atoms. The first-order valence-corrected chi connectivity index (χ1v) is 8.03. The number of nitriles is 1. The molecule has 0 spiro atoms. The van der Waals surface area contributed by atoms with Crippen molar-refractivity contribution in [2.24, 2.45) is 0 Å². The van der Waals surface area contributed by atoms with Crippen LogP contribution in [0, 0.1) is 11.3 Å². The number of aromatic amines is 1. The number of rotatable bonds is 3. The molecule has 3 aromatic heterocycles. The predicted octanol–water partition coefficient (Wildman–Crippen LogP) is 1.94. The van der Waals surface area contributed by atoms with Crippen LogP contribution >= 0.6 is 0 Å². The van der Waals surface area contributed by atoms with E-state index >= 15 is 0 Å². The molecular weight excluding hydrogens is 320 g/mol. The number of amides is 1. The first-order valence-electron chi connectivity index (χ1n) is 8.03. The molecule has 2 N–H and O–H groups in total. The van der Waals surface area contributed by atoms with Gasteiger partial charge in [0.2, 0.25) is 0 Å². The Kier molecular flexibility index (Phi) is 3.82. The van der Waals surface area contributed by atoms with Gasteiger partial charge in [-0.05, 0) is 12.1 Å². The maximum absolute atomic E-state index is 11.6. The summed E-state index contributed by atoms with van der Waals surface area (Å²) in [4.78, 5) is 25.8. The van der Waals surface area contributed by atoms with E-state index in [1.54, 1.807) is 6.20 Å². The molecule has 0 radical (unpaired) electrons. The normalized spacial score (nSPS) is 16.9. The lowest BCUT2D eigenvalue weighted by molar-refractivity contribution is 0.109. The number of alkyl carbamates (subject to hydrolysis) is 1. The van der Waals surface area contributed by atoms with Gasteiger partial charge in [-0.1, -0.05) is 0 Å². The molecule has 1 fully saturated rings. The molecule has 3 aromatic rings. The van der Waals surface area contributed by atoms with Crippen LogP contribution in [0.1, 0.15) is 6.42 Å². The van der Waals surface area contributed by atoms with Gasteiger partial charge in [0, 0.05) is 47.7 Å². The third-order valence-electron chi connectivity index (χ3n) is 4.32. The number of pyridine rings is 2. The van der Waals surface area contributed by atoms with Crippen LogP contribution in [0.3, 0.4) is 0 Å². The van der Waals surface area contributed by atoms with Crippen LogP contribution in [0.5, 0.6) is 0 Å². The zero-order valence-electron chi connectivity index (χ0n) is 13.4. The third-order valence-corrected chi connectivity index (χ3v) is 4.32. The molecule has 4 rings (SSSR count). The van der Waals surface area contributed by atoms with Crippen LogP contribution < -0.4 is 10.2 Å². The summed E-state index contributed by atoms with van der Waals surface area (Å²) in [5, 5.41) is 14.0. The fraction of sp³-hybridized carbons (Fsp3) is 0.294. The zero-order valence-corrected chi connectivity index (χ0v) is 13.4. The first kappa shape index (κ1) is 15.2. The van der Waals surface area contributed by atoms with Gasteiger partial charge in [0.1, 0.15) is 24.1 Å². The van der Waals surface area contributed by atoms with Crippen LogP contribution in [0.15, 0.2) is 30.7 Å². The molecule has 1 aliphatic rings. The van der Waals surface area contributed by atoms with Gasteiger partial charge in [-0.25, -0.2) is 14.8 Å². The van der Waals surface area contributed by atoms with Gasteiger partial charge in [-0.3, -0.25) is 0 Å². The quantitative estimate of drug-likeness (QED) is 0.708. The number of aromatic nitrogens is 3. The van der Waals surface area contributed by atoms with Crippen molar-refractivity contribution in [1.82, 2.24) is 20.3 Å². The number of hydrogen-bond acceptors (Lipinski definition) is 6. The average molecular weight is 336 g/mol. The Hall–Kier alpha value is -3.34. The van der Waals surface area contributed by atoms with Gasteiger partial charge >= 0.3 is 6.09 Å². The van der Waals surface area contributed by atoms with E-state index in [-0.39, 0.29) is 12.6 Å². The third kappa shape index (κ3) is 2.80. The minimum absolute atomic E-state index is 0.0569. The topological polar surface area (TPSA) is 107 Å². The Morgan fingerprint density at radius 3 is 3.28 bits per heavy atom. The maximum atomic E-state index is 11.6. The maximum Gasteiger partial charge on any atom is 0.408 e. The van der Waals surface area contributed by atoms with Gasteiger partial charge in [-0.15, -0.1) is 0 Å². The molecule has 0 aromatic carbocycles. The second kappa shape index (κ2) is 6.28. The number of carbonyl (C=O) groups is 1. The highest BCUT2D eigenvalue weighted by Crippen LogP contribution is 2.32. The summed E-state index contributed by atoms with van der Waals surface area (Å²) in [6, 6.07) is 5.79. The summed E-state index contributed by atoms with van der Waals surface area (Å²) in [7, 11) is 0. The SMILES string of the molecule is N#CCNC(=O)OC1CCN(c2nccc3cnc4[nH]ccc4c23)C1. The molecule has 1 atom stereocenters. The van der Waals surface area contributed by atoms with Gasteiger partial charge in [0.25, 0.3) is 0 Å². The number of carbonyl (C=O) groups excluding carboxylic acids is 1. The Balaban J connectivity index is 1.60. The lowest BCUT2D eigenvalue weighted by Crippen LogP contribution is -2.31. The van der Waals surface area contributed by atoms with E-state index in [2.05, 4.69) is 25.2 Å². The largest absolute Gasteiger partial charge is 0.444 e.